The molecule has 0 saturated carbocycles. The van der Waals surface area contributed by atoms with Crippen LogP contribution >= 0.6 is 0 Å². The maximum absolute atomic E-state index is 12.7. The van der Waals surface area contributed by atoms with Gasteiger partial charge in [-0.1, -0.05) is 66.7 Å². The Balaban J connectivity index is 1.34. The summed E-state index contributed by atoms with van der Waals surface area (Å²) in [4.78, 5) is 14.9. The molecule has 30 heavy (non-hydrogen) atoms. The molecular formula is C25H26N2O3. The summed E-state index contributed by atoms with van der Waals surface area (Å²) in [6, 6.07) is 25.9. The minimum atomic E-state index is -0.154. The van der Waals surface area contributed by atoms with Crippen molar-refractivity contribution in [3.8, 4) is 11.5 Å². The summed E-state index contributed by atoms with van der Waals surface area (Å²) in [7, 11) is 2.02. The highest BCUT2D eigenvalue weighted by molar-refractivity contribution is 5.77. The summed E-state index contributed by atoms with van der Waals surface area (Å²) in [6.45, 7) is 1.68. The molecule has 1 N–H and O–H groups in total. The molecule has 0 aromatic heterocycles. The zero-order valence-corrected chi connectivity index (χ0v) is 17.1. The summed E-state index contributed by atoms with van der Waals surface area (Å²) in [5, 5.41) is 3.20. The van der Waals surface area contributed by atoms with Crippen LogP contribution in [0, 0.1) is 0 Å². The molecule has 0 fully saturated rings. The standard InChI is InChI=1S/C25H26N2O3/c1-27(17-19-12-13-22-23(16-19)30-18-29-22)15-14-24(28)26-25(20-8-4-2-5-9-20)21-10-6-3-7-11-21/h2-13,16,25H,14-15,17-18H2,1H3,(H,26,28). The summed E-state index contributed by atoms with van der Waals surface area (Å²) in [5.74, 6) is 1.60. The smallest absolute Gasteiger partial charge is 0.231 e. The SMILES string of the molecule is CN(CCC(=O)NC(c1ccccc1)c1ccccc1)Cc1ccc2c(c1)OCO2. The van der Waals surface area contributed by atoms with Gasteiger partial charge in [-0.25, -0.2) is 0 Å². The van der Waals surface area contributed by atoms with Crippen LogP contribution in [0.5, 0.6) is 11.5 Å². The molecule has 0 atom stereocenters. The number of hydrogen-bond acceptors (Lipinski definition) is 4. The molecule has 1 amide bonds. The van der Waals surface area contributed by atoms with Crippen LogP contribution in [-0.4, -0.2) is 31.2 Å². The normalized spacial score (nSPS) is 12.4. The first-order valence-corrected chi connectivity index (χ1v) is 10.2. The van der Waals surface area contributed by atoms with Gasteiger partial charge in [0, 0.05) is 19.5 Å². The second-order valence-corrected chi connectivity index (χ2v) is 7.50. The fraction of sp³-hybridized carbons (Fsp3) is 0.240. The van der Waals surface area contributed by atoms with Gasteiger partial charge in [0.05, 0.1) is 6.04 Å². The van der Waals surface area contributed by atoms with Crippen LogP contribution in [0.4, 0.5) is 0 Å². The highest BCUT2D eigenvalue weighted by Crippen LogP contribution is 2.32. The fourth-order valence-electron chi connectivity index (χ4n) is 3.61. The van der Waals surface area contributed by atoms with Crippen LogP contribution in [-0.2, 0) is 11.3 Å². The minimum absolute atomic E-state index is 0.0326. The average molecular weight is 402 g/mol. The Morgan fingerprint density at radius 1 is 0.933 bits per heavy atom. The van der Waals surface area contributed by atoms with Gasteiger partial charge in [-0.2, -0.15) is 0 Å². The number of benzene rings is 3. The molecule has 1 aliphatic heterocycles. The van der Waals surface area contributed by atoms with Crippen LogP contribution in [0.15, 0.2) is 78.9 Å². The van der Waals surface area contributed by atoms with Crippen LogP contribution < -0.4 is 14.8 Å². The minimum Gasteiger partial charge on any atom is -0.454 e. The highest BCUT2D eigenvalue weighted by atomic mass is 16.7. The van der Waals surface area contributed by atoms with Crippen molar-refractivity contribution >= 4 is 5.91 Å². The second-order valence-electron chi connectivity index (χ2n) is 7.50. The lowest BCUT2D eigenvalue weighted by Crippen LogP contribution is -2.32. The van der Waals surface area contributed by atoms with Gasteiger partial charge in [0.1, 0.15) is 0 Å². The maximum atomic E-state index is 12.7. The lowest BCUT2D eigenvalue weighted by molar-refractivity contribution is -0.121. The first-order valence-electron chi connectivity index (χ1n) is 10.2. The average Bonchev–Trinajstić information content (AvgIpc) is 3.25. The Labute approximate surface area is 177 Å². The molecule has 0 spiro atoms. The Morgan fingerprint density at radius 3 is 2.23 bits per heavy atom. The number of ether oxygens (including phenoxy) is 2. The molecule has 4 rings (SSSR count). The molecule has 5 nitrogen and oxygen atoms in total. The first-order chi connectivity index (χ1) is 14.7. The summed E-state index contributed by atoms with van der Waals surface area (Å²) >= 11 is 0. The number of carbonyl (C=O) groups is 1. The summed E-state index contributed by atoms with van der Waals surface area (Å²) in [6.07, 6.45) is 0.428. The van der Waals surface area contributed by atoms with Gasteiger partial charge >= 0.3 is 0 Å². The third kappa shape index (κ3) is 4.99. The molecule has 0 saturated heterocycles. The van der Waals surface area contributed by atoms with E-state index in [0.29, 0.717) is 13.0 Å². The van der Waals surface area contributed by atoms with E-state index in [-0.39, 0.29) is 18.7 Å². The summed E-state index contributed by atoms with van der Waals surface area (Å²) < 4.78 is 10.8. The molecule has 0 aliphatic carbocycles. The topological polar surface area (TPSA) is 50.8 Å². The van der Waals surface area contributed by atoms with E-state index >= 15 is 0 Å². The molecule has 1 aliphatic rings. The number of hydrogen-bond donors (Lipinski definition) is 1. The number of amides is 1. The van der Waals surface area contributed by atoms with Crippen LogP contribution in [0.1, 0.15) is 29.2 Å². The molecule has 5 heteroatoms. The van der Waals surface area contributed by atoms with Gasteiger partial charge in [-0.15, -0.1) is 0 Å². The third-order valence-electron chi connectivity index (χ3n) is 5.18. The van der Waals surface area contributed by atoms with Crippen LogP contribution in [0.2, 0.25) is 0 Å². The van der Waals surface area contributed by atoms with Gasteiger partial charge in [-0.3, -0.25) is 4.79 Å². The quantitative estimate of drug-likeness (QED) is 0.615. The van der Waals surface area contributed by atoms with E-state index in [1.807, 2.05) is 85.9 Å². The molecule has 3 aromatic rings. The van der Waals surface area contributed by atoms with E-state index in [4.69, 9.17) is 9.47 Å². The Hall–Kier alpha value is -3.31. The predicted molar refractivity (Wildman–Crippen MR) is 116 cm³/mol. The Morgan fingerprint density at radius 2 is 1.57 bits per heavy atom. The van der Waals surface area contributed by atoms with Crippen molar-refractivity contribution in [3.05, 3.63) is 95.6 Å². The highest BCUT2D eigenvalue weighted by Gasteiger charge is 2.17. The molecule has 0 radical (unpaired) electrons. The largest absolute Gasteiger partial charge is 0.454 e. The monoisotopic (exact) mass is 402 g/mol. The van der Waals surface area contributed by atoms with Crippen LogP contribution in [0.25, 0.3) is 0 Å². The van der Waals surface area contributed by atoms with Crippen molar-refractivity contribution in [2.75, 3.05) is 20.4 Å². The van der Waals surface area contributed by atoms with Crippen molar-refractivity contribution < 1.29 is 14.3 Å². The summed E-state index contributed by atoms with van der Waals surface area (Å²) in [5.41, 5.74) is 3.28. The number of nitrogens with one attached hydrogen (secondary N) is 1. The second kappa shape index (κ2) is 9.46. The number of fused-ring (bicyclic) bond motifs is 1. The predicted octanol–water partition coefficient (Wildman–Crippen LogP) is 4.14. The molecule has 3 aromatic carbocycles. The Kier molecular flexibility index (Phi) is 6.30. The lowest BCUT2D eigenvalue weighted by atomic mass is 9.98. The van der Waals surface area contributed by atoms with Crippen molar-refractivity contribution in [1.29, 1.82) is 0 Å². The van der Waals surface area contributed by atoms with E-state index in [9.17, 15) is 4.79 Å². The van der Waals surface area contributed by atoms with E-state index in [2.05, 4.69) is 10.2 Å². The van der Waals surface area contributed by atoms with Gasteiger partial charge < -0.3 is 19.7 Å². The lowest BCUT2D eigenvalue weighted by Gasteiger charge is -2.21. The van der Waals surface area contributed by atoms with E-state index < -0.39 is 0 Å². The van der Waals surface area contributed by atoms with Crippen molar-refractivity contribution in [3.63, 3.8) is 0 Å². The van der Waals surface area contributed by atoms with E-state index in [0.717, 1.165) is 34.7 Å². The number of nitrogens with zero attached hydrogens (tertiary/aromatic N) is 1. The van der Waals surface area contributed by atoms with Gasteiger partial charge in [-0.05, 0) is 35.9 Å². The zero-order chi connectivity index (χ0) is 20.8. The molecule has 0 bridgehead atoms. The van der Waals surface area contributed by atoms with Crippen molar-refractivity contribution in [1.82, 2.24) is 10.2 Å². The number of carbonyl (C=O) groups excluding carboxylic acids is 1. The van der Waals surface area contributed by atoms with E-state index in [1.165, 1.54) is 0 Å². The molecule has 0 unspecified atom stereocenters. The van der Waals surface area contributed by atoms with Crippen LogP contribution in [0.3, 0.4) is 0 Å². The first kappa shape index (κ1) is 20.0. The number of rotatable bonds is 8. The molecule has 154 valence electrons. The van der Waals surface area contributed by atoms with Crippen molar-refractivity contribution in [2.45, 2.75) is 19.0 Å². The molecule has 1 heterocycles. The van der Waals surface area contributed by atoms with Gasteiger partial charge in [0.25, 0.3) is 0 Å². The maximum Gasteiger partial charge on any atom is 0.231 e. The van der Waals surface area contributed by atoms with E-state index in [1.54, 1.807) is 0 Å². The third-order valence-corrected chi connectivity index (χ3v) is 5.18. The van der Waals surface area contributed by atoms with Gasteiger partial charge in [0.2, 0.25) is 12.7 Å². The fourth-order valence-corrected chi connectivity index (χ4v) is 3.61. The zero-order valence-electron chi connectivity index (χ0n) is 17.1. The Bertz CT molecular complexity index is 937. The molecular weight excluding hydrogens is 376 g/mol. The van der Waals surface area contributed by atoms with Gasteiger partial charge in [0.15, 0.2) is 11.5 Å². The van der Waals surface area contributed by atoms with Crippen molar-refractivity contribution in [2.24, 2.45) is 0 Å².